The molecule has 0 aromatic heterocycles. The molecule has 0 saturated carbocycles. The average Bonchev–Trinajstić information content (AvgIpc) is 2.50. The zero-order valence-electron chi connectivity index (χ0n) is 11.7. The van der Waals surface area contributed by atoms with Crippen LogP contribution in [0.5, 0.6) is 0 Å². The maximum Gasteiger partial charge on any atom is 0.224 e. The molecule has 0 atom stereocenters. The van der Waals surface area contributed by atoms with Crippen molar-refractivity contribution < 1.29 is 4.79 Å². The fourth-order valence-electron chi connectivity index (χ4n) is 1.88. The summed E-state index contributed by atoms with van der Waals surface area (Å²) in [6.45, 7) is 0.715. The third kappa shape index (κ3) is 6.36. The van der Waals surface area contributed by atoms with Gasteiger partial charge in [-0.2, -0.15) is 11.8 Å². The summed E-state index contributed by atoms with van der Waals surface area (Å²) in [6.07, 6.45) is 0.441. The van der Waals surface area contributed by atoms with Gasteiger partial charge in [0.25, 0.3) is 0 Å². The Balaban J connectivity index is 1.60. The molecule has 1 amide bonds. The first-order valence-corrected chi connectivity index (χ1v) is 8.81. The summed E-state index contributed by atoms with van der Waals surface area (Å²) in [5.74, 6) is 2.00. The van der Waals surface area contributed by atoms with Gasteiger partial charge in [0.2, 0.25) is 5.91 Å². The largest absolute Gasteiger partial charge is 0.355 e. The number of carbonyl (C=O) groups is 1. The first kappa shape index (κ1) is 16.1. The van der Waals surface area contributed by atoms with Gasteiger partial charge in [-0.25, -0.2) is 0 Å². The van der Waals surface area contributed by atoms with Gasteiger partial charge < -0.3 is 5.32 Å². The van der Waals surface area contributed by atoms with E-state index in [2.05, 4.69) is 45.5 Å². The van der Waals surface area contributed by atoms with Crippen LogP contribution in [0.25, 0.3) is 0 Å². The molecule has 0 heterocycles. The zero-order valence-corrected chi connectivity index (χ0v) is 14.1. The summed E-state index contributed by atoms with van der Waals surface area (Å²) < 4.78 is 1.03. The molecule has 0 radical (unpaired) electrons. The Morgan fingerprint density at radius 3 is 2.43 bits per heavy atom. The van der Waals surface area contributed by atoms with Crippen LogP contribution in [0.1, 0.15) is 11.1 Å². The van der Waals surface area contributed by atoms with Crippen LogP contribution in [-0.4, -0.2) is 18.2 Å². The topological polar surface area (TPSA) is 29.1 Å². The number of rotatable bonds is 7. The van der Waals surface area contributed by atoms with E-state index in [1.165, 1.54) is 5.56 Å². The molecule has 0 unspecified atom stereocenters. The molecule has 0 saturated heterocycles. The van der Waals surface area contributed by atoms with Gasteiger partial charge in [0.15, 0.2) is 0 Å². The van der Waals surface area contributed by atoms with E-state index < -0.39 is 0 Å². The van der Waals surface area contributed by atoms with Gasteiger partial charge in [0, 0.05) is 22.5 Å². The lowest BCUT2D eigenvalue weighted by molar-refractivity contribution is -0.120. The number of thioether (sulfide) groups is 1. The lowest BCUT2D eigenvalue weighted by Gasteiger charge is -2.06. The van der Waals surface area contributed by atoms with E-state index in [1.807, 2.05) is 42.1 Å². The molecule has 0 aliphatic heterocycles. The monoisotopic (exact) mass is 363 g/mol. The summed E-state index contributed by atoms with van der Waals surface area (Å²) in [5, 5.41) is 2.96. The summed E-state index contributed by atoms with van der Waals surface area (Å²) in [4.78, 5) is 11.8. The third-order valence-electron chi connectivity index (χ3n) is 2.96. The fourth-order valence-corrected chi connectivity index (χ4v) is 2.96. The highest BCUT2D eigenvalue weighted by Crippen LogP contribution is 2.12. The van der Waals surface area contributed by atoms with Crippen LogP contribution in [0.15, 0.2) is 59.1 Å². The highest BCUT2D eigenvalue weighted by Gasteiger charge is 2.02. The number of benzene rings is 2. The van der Waals surface area contributed by atoms with Gasteiger partial charge in [-0.1, -0.05) is 58.4 Å². The molecule has 21 heavy (non-hydrogen) atoms. The van der Waals surface area contributed by atoms with Gasteiger partial charge in [0.05, 0.1) is 6.42 Å². The summed E-state index contributed by atoms with van der Waals surface area (Å²) >= 11 is 5.22. The van der Waals surface area contributed by atoms with Crippen molar-refractivity contribution >= 4 is 33.6 Å². The molecular weight excluding hydrogens is 346 g/mol. The zero-order chi connectivity index (χ0) is 14.9. The first-order chi connectivity index (χ1) is 10.2. The predicted octanol–water partition coefficient (Wildman–Crippen LogP) is 4.04. The van der Waals surface area contributed by atoms with E-state index in [0.717, 1.165) is 21.5 Å². The molecule has 2 nitrogen and oxygen atoms in total. The number of carbonyl (C=O) groups excluding carboxylic acids is 1. The Labute approximate surface area is 138 Å². The fraction of sp³-hybridized carbons (Fsp3) is 0.235. The van der Waals surface area contributed by atoms with Crippen LogP contribution >= 0.6 is 27.7 Å². The van der Waals surface area contributed by atoms with Crippen LogP contribution in [0.4, 0.5) is 0 Å². The molecule has 2 aromatic carbocycles. The van der Waals surface area contributed by atoms with Crippen molar-refractivity contribution in [1.29, 1.82) is 0 Å². The molecule has 4 heteroatoms. The second kappa shape index (κ2) is 8.90. The van der Waals surface area contributed by atoms with E-state index in [1.54, 1.807) is 0 Å². The van der Waals surface area contributed by atoms with Crippen molar-refractivity contribution in [1.82, 2.24) is 5.32 Å². The van der Waals surface area contributed by atoms with E-state index in [9.17, 15) is 4.79 Å². The Bertz CT molecular complexity index is 557. The van der Waals surface area contributed by atoms with Crippen LogP contribution in [-0.2, 0) is 17.0 Å². The SMILES string of the molecule is O=C(Cc1ccc(Br)cc1)NCCSCc1ccccc1. The van der Waals surface area contributed by atoms with Crippen molar-refractivity contribution in [3.8, 4) is 0 Å². The number of nitrogens with one attached hydrogen (secondary N) is 1. The second-order valence-electron chi connectivity index (χ2n) is 4.69. The van der Waals surface area contributed by atoms with Gasteiger partial charge in [-0.05, 0) is 23.3 Å². The maximum absolute atomic E-state index is 11.8. The van der Waals surface area contributed by atoms with Crippen molar-refractivity contribution in [2.45, 2.75) is 12.2 Å². The molecule has 0 aliphatic rings. The number of hydrogen-bond donors (Lipinski definition) is 1. The summed E-state index contributed by atoms with van der Waals surface area (Å²) in [5.41, 5.74) is 2.36. The van der Waals surface area contributed by atoms with Crippen LogP contribution in [0, 0.1) is 0 Å². The Morgan fingerprint density at radius 1 is 1.00 bits per heavy atom. The maximum atomic E-state index is 11.8. The lowest BCUT2D eigenvalue weighted by Crippen LogP contribution is -2.27. The van der Waals surface area contributed by atoms with Gasteiger partial charge in [0.1, 0.15) is 0 Å². The molecule has 0 aliphatic carbocycles. The molecule has 110 valence electrons. The van der Waals surface area contributed by atoms with E-state index in [4.69, 9.17) is 0 Å². The minimum Gasteiger partial charge on any atom is -0.355 e. The summed E-state index contributed by atoms with van der Waals surface area (Å²) in [7, 11) is 0. The average molecular weight is 364 g/mol. The molecule has 2 aromatic rings. The Hall–Kier alpha value is -1.26. The molecule has 2 rings (SSSR count). The Kier molecular flexibility index (Phi) is 6.83. The minimum atomic E-state index is 0.0811. The molecule has 0 spiro atoms. The quantitative estimate of drug-likeness (QED) is 0.752. The minimum absolute atomic E-state index is 0.0811. The highest BCUT2D eigenvalue weighted by atomic mass is 79.9. The number of halogens is 1. The molecule has 0 fully saturated rings. The van der Waals surface area contributed by atoms with Crippen molar-refractivity contribution in [3.63, 3.8) is 0 Å². The number of hydrogen-bond acceptors (Lipinski definition) is 2. The lowest BCUT2D eigenvalue weighted by atomic mass is 10.1. The Morgan fingerprint density at radius 2 is 1.71 bits per heavy atom. The smallest absolute Gasteiger partial charge is 0.224 e. The predicted molar refractivity (Wildman–Crippen MR) is 93.5 cm³/mol. The van der Waals surface area contributed by atoms with Crippen molar-refractivity contribution in [3.05, 3.63) is 70.2 Å². The normalized spacial score (nSPS) is 10.3. The number of amides is 1. The van der Waals surface area contributed by atoms with Gasteiger partial charge in [-0.15, -0.1) is 0 Å². The van der Waals surface area contributed by atoms with Gasteiger partial charge in [-0.3, -0.25) is 4.79 Å². The van der Waals surface area contributed by atoms with Crippen LogP contribution in [0.3, 0.4) is 0 Å². The molecular formula is C17H18BrNOS. The van der Waals surface area contributed by atoms with E-state index in [0.29, 0.717) is 13.0 Å². The van der Waals surface area contributed by atoms with Crippen molar-refractivity contribution in [2.24, 2.45) is 0 Å². The highest BCUT2D eigenvalue weighted by molar-refractivity contribution is 9.10. The van der Waals surface area contributed by atoms with Crippen molar-refractivity contribution in [2.75, 3.05) is 12.3 Å². The molecule has 0 bridgehead atoms. The third-order valence-corrected chi connectivity index (χ3v) is 4.52. The summed E-state index contributed by atoms with van der Waals surface area (Å²) in [6, 6.07) is 18.2. The van der Waals surface area contributed by atoms with E-state index >= 15 is 0 Å². The van der Waals surface area contributed by atoms with Crippen LogP contribution in [0.2, 0.25) is 0 Å². The van der Waals surface area contributed by atoms with Crippen LogP contribution < -0.4 is 5.32 Å². The second-order valence-corrected chi connectivity index (χ2v) is 6.71. The van der Waals surface area contributed by atoms with E-state index in [-0.39, 0.29) is 5.91 Å². The standard InChI is InChI=1S/C17H18BrNOS/c18-16-8-6-14(7-9-16)12-17(20)19-10-11-21-13-15-4-2-1-3-5-15/h1-9H,10-13H2,(H,19,20). The first-order valence-electron chi connectivity index (χ1n) is 6.87. The molecule has 1 N–H and O–H groups in total. The van der Waals surface area contributed by atoms with Gasteiger partial charge >= 0.3 is 0 Å².